The van der Waals surface area contributed by atoms with Crippen LogP contribution in [0.25, 0.3) is 21.9 Å². The zero-order valence-corrected chi connectivity index (χ0v) is 13.0. The van der Waals surface area contributed by atoms with Crippen LogP contribution in [0.4, 0.5) is 0 Å². The molecule has 0 atom stereocenters. The summed E-state index contributed by atoms with van der Waals surface area (Å²) < 4.78 is 10.7. The number of phenols is 2. The van der Waals surface area contributed by atoms with Crippen LogP contribution < -0.4 is 10.2 Å². The highest BCUT2D eigenvalue weighted by atomic mass is 35.5. The molecule has 3 aromatic rings. The molecule has 0 aliphatic carbocycles. The lowest BCUT2D eigenvalue weighted by molar-refractivity contribution is 0.414. The van der Waals surface area contributed by atoms with E-state index in [1.807, 2.05) is 0 Å². The predicted molar refractivity (Wildman–Crippen MR) is 84.6 cm³/mol. The van der Waals surface area contributed by atoms with Crippen molar-refractivity contribution in [3.8, 4) is 17.2 Å². The Morgan fingerprint density at radius 1 is 1.09 bits per heavy atom. The molecule has 0 amide bonds. The number of aromatic hydroxyl groups is 2. The molecule has 2 aromatic carbocycles. The van der Waals surface area contributed by atoms with Gasteiger partial charge < -0.3 is 19.4 Å². The van der Waals surface area contributed by atoms with Gasteiger partial charge in [0.15, 0.2) is 17.1 Å². The summed E-state index contributed by atoms with van der Waals surface area (Å²) in [6.07, 6.45) is 0. The Hall–Kier alpha value is -2.11. The summed E-state index contributed by atoms with van der Waals surface area (Å²) in [5.74, 6) is -0.606. The summed E-state index contributed by atoms with van der Waals surface area (Å²) >= 11 is 11.8. The molecule has 0 bridgehead atoms. The second-order valence-corrected chi connectivity index (χ2v) is 5.53. The summed E-state index contributed by atoms with van der Waals surface area (Å²) in [6.45, 7) is 1.72. The number of hydrogen-bond acceptors (Lipinski definition) is 5. The molecule has 0 spiro atoms. The van der Waals surface area contributed by atoms with Crippen LogP contribution in [-0.4, -0.2) is 17.3 Å². The number of aryl methyl sites for hydroxylation is 1. The van der Waals surface area contributed by atoms with Crippen molar-refractivity contribution in [2.24, 2.45) is 0 Å². The van der Waals surface area contributed by atoms with E-state index < -0.39 is 22.0 Å². The van der Waals surface area contributed by atoms with E-state index in [0.717, 1.165) is 0 Å². The number of ether oxygens (including phenoxy) is 1. The van der Waals surface area contributed by atoms with Crippen molar-refractivity contribution in [3.05, 3.63) is 38.0 Å². The molecule has 7 heteroatoms. The van der Waals surface area contributed by atoms with Crippen molar-refractivity contribution in [1.29, 1.82) is 0 Å². The number of methoxy groups -OCH3 is 1. The van der Waals surface area contributed by atoms with Gasteiger partial charge in [0.05, 0.1) is 12.5 Å². The van der Waals surface area contributed by atoms with Crippen LogP contribution in [0.3, 0.4) is 0 Å². The van der Waals surface area contributed by atoms with Crippen molar-refractivity contribution in [2.75, 3.05) is 7.11 Å². The molecule has 2 N–H and O–H groups in total. The Morgan fingerprint density at radius 2 is 1.77 bits per heavy atom. The third kappa shape index (κ3) is 1.90. The Kier molecular flexibility index (Phi) is 3.34. The van der Waals surface area contributed by atoms with Gasteiger partial charge in [0.25, 0.3) is 0 Å². The van der Waals surface area contributed by atoms with Gasteiger partial charge in [-0.15, -0.1) is 0 Å². The summed E-state index contributed by atoms with van der Waals surface area (Å²) in [5.41, 5.74) is 0.228. The monoisotopic (exact) mass is 340 g/mol. The third-order valence-electron chi connectivity index (χ3n) is 3.46. The van der Waals surface area contributed by atoms with Crippen LogP contribution in [0.1, 0.15) is 5.56 Å². The smallest absolute Gasteiger partial charge is 0.204 e. The fourth-order valence-electron chi connectivity index (χ4n) is 2.40. The van der Waals surface area contributed by atoms with Crippen LogP contribution in [-0.2, 0) is 0 Å². The van der Waals surface area contributed by atoms with Gasteiger partial charge in [0.1, 0.15) is 26.8 Å². The molecular weight excluding hydrogens is 331 g/mol. The molecule has 0 radical (unpaired) electrons. The molecule has 22 heavy (non-hydrogen) atoms. The molecule has 0 saturated heterocycles. The SMILES string of the molecule is COc1cc(C)c2c(=O)c3c(O)c(Cl)c(O)c(Cl)c3oc2c1. The van der Waals surface area contributed by atoms with E-state index in [4.69, 9.17) is 32.4 Å². The van der Waals surface area contributed by atoms with E-state index in [1.54, 1.807) is 13.0 Å². The maximum atomic E-state index is 12.7. The first-order chi connectivity index (χ1) is 10.4. The van der Waals surface area contributed by atoms with Gasteiger partial charge >= 0.3 is 0 Å². The van der Waals surface area contributed by atoms with E-state index in [1.165, 1.54) is 13.2 Å². The number of fused-ring (bicyclic) bond motifs is 2. The van der Waals surface area contributed by atoms with Crippen LogP contribution in [0.2, 0.25) is 10.0 Å². The van der Waals surface area contributed by atoms with Gasteiger partial charge in [-0.2, -0.15) is 0 Å². The topological polar surface area (TPSA) is 79.9 Å². The van der Waals surface area contributed by atoms with Gasteiger partial charge in [0, 0.05) is 6.07 Å². The number of halogens is 2. The van der Waals surface area contributed by atoms with E-state index in [9.17, 15) is 15.0 Å². The summed E-state index contributed by atoms with van der Waals surface area (Å²) in [4.78, 5) is 12.7. The van der Waals surface area contributed by atoms with Crippen molar-refractivity contribution in [2.45, 2.75) is 6.92 Å². The lowest BCUT2D eigenvalue weighted by atomic mass is 10.1. The Bertz CT molecular complexity index is 991. The van der Waals surface area contributed by atoms with E-state index in [0.29, 0.717) is 11.3 Å². The number of hydrogen-bond donors (Lipinski definition) is 2. The lowest BCUT2D eigenvalue weighted by Gasteiger charge is -2.10. The van der Waals surface area contributed by atoms with Crippen LogP contribution >= 0.6 is 23.2 Å². The first-order valence-corrected chi connectivity index (χ1v) is 6.96. The molecular formula is C15H10Cl2O5. The van der Waals surface area contributed by atoms with Gasteiger partial charge in [0.2, 0.25) is 5.43 Å². The second kappa shape index (κ2) is 4.97. The standard InChI is InChI=1S/C15H10Cl2O5/c1-5-3-6(21-2)4-7-8(5)12(18)9-13(19)10(16)14(20)11(17)15(9)22-7/h3-4,19-20H,1-2H3. The van der Waals surface area contributed by atoms with Gasteiger partial charge in [-0.1, -0.05) is 23.2 Å². The maximum Gasteiger partial charge on any atom is 0.204 e. The third-order valence-corrected chi connectivity index (χ3v) is 4.17. The van der Waals surface area contributed by atoms with Crippen molar-refractivity contribution >= 4 is 45.1 Å². The zero-order chi connectivity index (χ0) is 16.2. The first kappa shape index (κ1) is 14.8. The largest absolute Gasteiger partial charge is 0.505 e. The Balaban J connectivity index is 2.65. The molecule has 3 rings (SSSR count). The highest BCUT2D eigenvalue weighted by Crippen LogP contribution is 2.45. The van der Waals surface area contributed by atoms with Crippen LogP contribution in [0.5, 0.6) is 17.2 Å². The lowest BCUT2D eigenvalue weighted by Crippen LogP contribution is -2.05. The van der Waals surface area contributed by atoms with E-state index in [-0.39, 0.29) is 27.0 Å². The molecule has 5 nitrogen and oxygen atoms in total. The molecule has 0 saturated carbocycles. The molecule has 0 unspecified atom stereocenters. The fraction of sp³-hybridized carbons (Fsp3) is 0.133. The van der Waals surface area contributed by atoms with E-state index >= 15 is 0 Å². The molecule has 114 valence electrons. The minimum atomic E-state index is -0.565. The molecule has 0 fully saturated rings. The Labute approximate surface area is 134 Å². The van der Waals surface area contributed by atoms with Crippen molar-refractivity contribution in [1.82, 2.24) is 0 Å². The van der Waals surface area contributed by atoms with E-state index in [2.05, 4.69) is 0 Å². The number of rotatable bonds is 1. The minimum absolute atomic E-state index is 0.133. The molecule has 1 aromatic heterocycles. The summed E-state index contributed by atoms with van der Waals surface area (Å²) in [7, 11) is 1.49. The summed E-state index contributed by atoms with van der Waals surface area (Å²) in [5, 5.41) is 19.3. The molecule has 0 aliphatic rings. The predicted octanol–water partition coefficient (Wildman–Crippen LogP) is 3.98. The second-order valence-electron chi connectivity index (χ2n) is 4.78. The molecule has 0 aliphatic heterocycles. The quantitative estimate of drug-likeness (QED) is 0.655. The highest BCUT2D eigenvalue weighted by molar-refractivity contribution is 6.41. The van der Waals surface area contributed by atoms with Crippen molar-refractivity contribution in [3.63, 3.8) is 0 Å². The molecule has 1 heterocycles. The minimum Gasteiger partial charge on any atom is -0.505 e. The number of benzene rings is 2. The summed E-state index contributed by atoms with van der Waals surface area (Å²) in [6, 6.07) is 3.20. The average molecular weight is 341 g/mol. The van der Waals surface area contributed by atoms with Crippen LogP contribution in [0, 0.1) is 6.92 Å². The maximum absolute atomic E-state index is 12.7. The Morgan fingerprint density at radius 3 is 2.41 bits per heavy atom. The average Bonchev–Trinajstić information content (AvgIpc) is 2.49. The fourth-order valence-corrected chi connectivity index (χ4v) is 2.86. The first-order valence-electron chi connectivity index (χ1n) is 6.20. The van der Waals surface area contributed by atoms with Gasteiger partial charge in [-0.05, 0) is 18.6 Å². The normalized spacial score (nSPS) is 11.3. The number of phenolic OH excluding ortho intramolecular Hbond substituents is 2. The zero-order valence-electron chi connectivity index (χ0n) is 11.5. The van der Waals surface area contributed by atoms with Crippen molar-refractivity contribution < 1.29 is 19.4 Å². The van der Waals surface area contributed by atoms with Crippen LogP contribution in [0.15, 0.2) is 21.3 Å². The highest BCUT2D eigenvalue weighted by Gasteiger charge is 2.23. The van der Waals surface area contributed by atoms with Gasteiger partial charge in [-0.25, -0.2) is 0 Å². The van der Waals surface area contributed by atoms with Gasteiger partial charge in [-0.3, -0.25) is 4.79 Å².